The molecule has 1 aromatic rings. The summed E-state index contributed by atoms with van der Waals surface area (Å²) in [7, 11) is 1.48. The predicted octanol–water partition coefficient (Wildman–Crippen LogP) is 1.16. The molecule has 1 aromatic carbocycles. The van der Waals surface area contributed by atoms with Crippen LogP contribution < -0.4 is 20.7 Å². The molecule has 0 saturated heterocycles. The Labute approximate surface area is 117 Å². The van der Waals surface area contributed by atoms with Gasteiger partial charge in [-0.3, -0.25) is 4.79 Å². The van der Waals surface area contributed by atoms with Gasteiger partial charge < -0.3 is 25.8 Å². The minimum absolute atomic E-state index is 0.156. The Morgan fingerprint density at radius 1 is 1.35 bits per heavy atom. The molecule has 0 aromatic heterocycles. The number of urea groups is 1. The largest absolute Gasteiger partial charge is 0.495 e. The zero-order valence-electron chi connectivity index (χ0n) is 11.7. The average Bonchev–Trinajstić information content (AvgIpc) is 2.38. The summed E-state index contributed by atoms with van der Waals surface area (Å²) in [6.07, 6.45) is 0. The summed E-state index contributed by atoms with van der Waals surface area (Å²) in [5.74, 6) is 0.255. The lowest BCUT2D eigenvalue weighted by Gasteiger charge is -2.15. The molecule has 0 spiro atoms. The summed E-state index contributed by atoms with van der Waals surface area (Å²) in [6.45, 7) is 2.91. The zero-order valence-corrected chi connectivity index (χ0v) is 11.7. The molecule has 0 aliphatic heterocycles. The highest BCUT2D eigenvalue weighted by molar-refractivity contribution is 5.94. The van der Waals surface area contributed by atoms with Crippen LogP contribution >= 0.6 is 0 Å². The van der Waals surface area contributed by atoms with Crippen molar-refractivity contribution in [3.63, 3.8) is 0 Å². The van der Waals surface area contributed by atoms with Crippen LogP contribution in [0.4, 0.5) is 16.2 Å². The van der Waals surface area contributed by atoms with Crippen LogP contribution in [0.5, 0.6) is 5.75 Å². The zero-order chi connectivity index (χ0) is 15.1. The second-order valence-electron chi connectivity index (χ2n) is 4.28. The molecular formula is C13H19N3O4. The lowest BCUT2D eigenvalue weighted by molar-refractivity contribution is -0.114. The van der Waals surface area contributed by atoms with E-state index >= 15 is 0 Å². The van der Waals surface area contributed by atoms with Crippen molar-refractivity contribution in [1.29, 1.82) is 0 Å². The molecule has 3 amide bonds. The number of ether oxygens (including phenoxy) is 1. The molecule has 7 nitrogen and oxygen atoms in total. The number of amides is 3. The Kier molecular flexibility index (Phi) is 5.79. The van der Waals surface area contributed by atoms with Gasteiger partial charge in [-0.2, -0.15) is 0 Å². The maximum Gasteiger partial charge on any atom is 0.319 e. The van der Waals surface area contributed by atoms with Gasteiger partial charge in [0.25, 0.3) is 0 Å². The Morgan fingerprint density at radius 3 is 2.60 bits per heavy atom. The average molecular weight is 281 g/mol. The third-order valence-electron chi connectivity index (χ3n) is 2.42. The molecule has 0 heterocycles. The number of anilines is 2. The summed E-state index contributed by atoms with van der Waals surface area (Å²) in [5.41, 5.74) is 0.963. The van der Waals surface area contributed by atoms with Crippen molar-refractivity contribution in [2.45, 2.75) is 19.9 Å². The van der Waals surface area contributed by atoms with Crippen molar-refractivity contribution < 1.29 is 19.4 Å². The molecule has 0 fully saturated rings. The van der Waals surface area contributed by atoms with E-state index in [4.69, 9.17) is 9.84 Å². The van der Waals surface area contributed by atoms with Gasteiger partial charge in [-0.25, -0.2) is 4.79 Å². The first-order chi connectivity index (χ1) is 9.46. The van der Waals surface area contributed by atoms with Gasteiger partial charge >= 0.3 is 6.03 Å². The fraction of sp³-hybridized carbons (Fsp3) is 0.385. The van der Waals surface area contributed by atoms with Crippen molar-refractivity contribution in [2.24, 2.45) is 0 Å². The SMILES string of the molecule is COc1ccc(NC(C)=O)cc1NC(=O)N[C@H](C)CO. The number of hydrogen-bond donors (Lipinski definition) is 4. The van der Waals surface area contributed by atoms with Gasteiger partial charge in [0.15, 0.2) is 0 Å². The highest BCUT2D eigenvalue weighted by atomic mass is 16.5. The standard InChI is InChI=1S/C13H19N3O4/c1-8(7-17)14-13(19)16-11-6-10(15-9(2)18)4-5-12(11)20-3/h4-6,8,17H,7H2,1-3H3,(H,15,18)(H2,14,16,19)/t8-/m1/s1. The van der Waals surface area contributed by atoms with Crippen LogP contribution in [0.1, 0.15) is 13.8 Å². The summed E-state index contributed by atoms with van der Waals surface area (Å²) in [4.78, 5) is 22.7. The van der Waals surface area contributed by atoms with Crippen molar-refractivity contribution in [3.8, 4) is 5.75 Å². The molecule has 0 bridgehead atoms. The smallest absolute Gasteiger partial charge is 0.319 e. The quantitative estimate of drug-likeness (QED) is 0.650. The Hall–Kier alpha value is -2.28. The van der Waals surface area contributed by atoms with E-state index in [9.17, 15) is 9.59 Å². The van der Waals surface area contributed by atoms with E-state index in [2.05, 4.69) is 16.0 Å². The van der Waals surface area contributed by atoms with E-state index in [1.807, 2.05) is 0 Å². The lowest BCUT2D eigenvalue weighted by Crippen LogP contribution is -2.38. The van der Waals surface area contributed by atoms with Crippen molar-refractivity contribution in [1.82, 2.24) is 5.32 Å². The summed E-state index contributed by atoms with van der Waals surface area (Å²) >= 11 is 0. The topological polar surface area (TPSA) is 99.7 Å². The van der Waals surface area contributed by atoms with Crippen LogP contribution in [0.25, 0.3) is 0 Å². The number of rotatable bonds is 5. The van der Waals surface area contributed by atoms with E-state index in [1.165, 1.54) is 14.0 Å². The number of methoxy groups -OCH3 is 1. The van der Waals surface area contributed by atoms with Crippen LogP contribution in [0, 0.1) is 0 Å². The maximum absolute atomic E-state index is 11.7. The van der Waals surface area contributed by atoms with Gasteiger partial charge in [-0.1, -0.05) is 0 Å². The number of hydrogen-bond acceptors (Lipinski definition) is 4. The first kappa shape index (κ1) is 15.8. The van der Waals surface area contributed by atoms with Gasteiger partial charge in [-0.05, 0) is 25.1 Å². The van der Waals surface area contributed by atoms with Crippen LogP contribution in [0.3, 0.4) is 0 Å². The molecular weight excluding hydrogens is 262 g/mol. The van der Waals surface area contributed by atoms with E-state index in [0.29, 0.717) is 17.1 Å². The van der Waals surface area contributed by atoms with E-state index in [0.717, 1.165) is 0 Å². The van der Waals surface area contributed by atoms with Crippen LogP contribution in [-0.4, -0.2) is 36.8 Å². The summed E-state index contributed by atoms with van der Waals surface area (Å²) < 4.78 is 5.13. The summed E-state index contributed by atoms with van der Waals surface area (Å²) in [6, 6.07) is 4.06. The minimum Gasteiger partial charge on any atom is -0.495 e. The second-order valence-corrected chi connectivity index (χ2v) is 4.28. The van der Waals surface area contributed by atoms with E-state index < -0.39 is 6.03 Å². The van der Waals surface area contributed by atoms with Crippen LogP contribution in [0.2, 0.25) is 0 Å². The number of aliphatic hydroxyl groups excluding tert-OH is 1. The number of aliphatic hydroxyl groups is 1. The molecule has 0 saturated carbocycles. The molecule has 20 heavy (non-hydrogen) atoms. The highest BCUT2D eigenvalue weighted by Crippen LogP contribution is 2.27. The number of carbonyl (C=O) groups excluding carboxylic acids is 2. The molecule has 0 aliphatic rings. The number of benzene rings is 1. The van der Waals surface area contributed by atoms with Gasteiger partial charge in [0.1, 0.15) is 5.75 Å². The van der Waals surface area contributed by atoms with Gasteiger partial charge in [-0.15, -0.1) is 0 Å². The Balaban J connectivity index is 2.85. The van der Waals surface area contributed by atoms with Crippen molar-refractivity contribution in [2.75, 3.05) is 24.4 Å². The molecule has 4 N–H and O–H groups in total. The monoisotopic (exact) mass is 281 g/mol. The molecule has 0 aliphatic carbocycles. The Morgan fingerprint density at radius 2 is 2.05 bits per heavy atom. The molecule has 7 heteroatoms. The fourth-order valence-corrected chi connectivity index (χ4v) is 1.51. The van der Waals surface area contributed by atoms with Crippen LogP contribution in [-0.2, 0) is 4.79 Å². The van der Waals surface area contributed by atoms with Crippen molar-refractivity contribution >= 4 is 23.3 Å². The first-order valence-corrected chi connectivity index (χ1v) is 6.10. The van der Waals surface area contributed by atoms with Crippen molar-refractivity contribution in [3.05, 3.63) is 18.2 Å². The molecule has 1 rings (SSSR count). The van der Waals surface area contributed by atoms with Gasteiger partial charge in [0.05, 0.1) is 25.4 Å². The van der Waals surface area contributed by atoms with E-state index in [-0.39, 0.29) is 18.6 Å². The first-order valence-electron chi connectivity index (χ1n) is 6.10. The maximum atomic E-state index is 11.7. The fourth-order valence-electron chi connectivity index (χ4n) is 1.51. The van der Waals surface area contributed by atoms with Crippen LogP contribution in [0.15, 0.2) is 18.2 Å². The molecule has 110 valence electrons. The highest BCUT2D eigenvalue weighted by Gasteiger charge is 2.11. The minimum atomic E-state index is -0.468. The number of nitrogens with one attached hydrogen (secondary N) is 3. The predicted molar refractivity (Wildman–Crippen MR) is 76.0 cm³/mol. The summed E-state index contributed by atoms with van der Waals surface area (Å²) in [5, 5.41) is 16.6. The lowest BCUT2D eigenvalue weighted by atomic mass is 10.2. The van der Waals surface area contributed by atoms with Gasteiger partial charge in [0, 0.05) is 12.6 Å². The third kappa shape index (κ3) is 4.77. The normalized spacial score (nSPS) is 11.4. The molecule has 0 unspecified atom stereocenters. The Bertz CT molecular complexity index is 491. The number of carbonyl (C=O) groups is 2. The molecule has 1 atom stereocenters. The van der Waals surface area contributed by atoms with Gasteiger partial charge in [0.2, 0.25) is 5.91 Å². The second kappa shape index (κ2) is 7.34. The van der Waals surface area contributed by atoms with E-state index in [1.54, 1.807) is 25.1 Å². The molecule has 0 radical (unpaired) electrons. The third-order valence-corrected chi connectivity index (χ3v) is 2.42.